The van der Waals surface area contributed by atoms with Gasteiger partial charge in [0.25, 0.3) is 0 Å². The molecule has 0 radical (unpaired) electrons. The Morgan fingerprint density at radius 1 is 1.29 bits per heavy atom. The van der Waals surface area contributed by atoms with Crippen LogP contribution in [0.5, 0.6) is 0 Å². The van der Waals surface area contributed by atoms with Crippen LogP contribution in [0.2, 0.25) is 0 Å². The minimum Gasteiger partial charge on any atom is -0.390 e. The van der Waals surface area contributed by atoms with Gasteiger partial charge >= 0.3 is 0 Å². The van der Waals surface area contributed by atoms with E-state index in [0.717, 1.165) is 25.2 Å². The van der Waals surface area contributed by atoms with E-state index < -0.39 is 0 Å². The fraction of sp³-hybridized carbons (Fsp3) is 1.00. The largest absolute Gasteiger partial charge is 0.390 e. The molecule has 14 heavy (non-hydrogen) atoms. The molecule has 2 unspecified atom stereocenters. The highest BCUT2D eigenvalue weighted by Crippen LogP contribution is 2.35. The molecule has 1 aliphatic carbocycles. The van der Waals surface area contributed by atoms with Gasteiger partial charge in [0.1, 0.15) is 0 Å². The maximum Gasteiger partial charge on any atom is 0.0650 e. The van der Waals surface area contributed by atoms with Gasteiger partial charge in [-0.15, -0.1) is 0 Å². The highest BCUT2D eigenvalue weighted by atomic mass is 16.3. The molecule has 0 aromatic carbocycles. The Balaban J connectivity index is 2.46. The van der Waals surface area contributed by atoms with Gasteiger partial charge in [-0.3, -0.25) is 0 Å². The fourth-order valence-electron chi connectivity index (χ4n) is 2.83. The van der Waals surface area contributed by atoms with Crippen LogP contribution >= 0.6 is 0 Å². The fourth-order valence-corrected chi connectivity index (χ4v) is 2.83. The van der Waals surface area contributed by atoms with Gasteiger partial charge in [0.05, 0.1) is 5.60 Å². The van der Waals surface area contributed by atoms with Gasteiger partial charge < -0.3 is 5.11 Å². The van der Waals surface area contributed by atoms with Crippen molar-refractivity contribution in [3.8, 4) is 0 Å². The minimum absolute atomic E-state index is 0.335. The summed E-state index contributed by atoms with van der Waals surface area (Å²) in [6.07, 6.45) is 8.13. The van der Waals surface area contributed by atoms with Crippen molar-refractivity contribution in [2.45, 2.75) is 71.3 Å². The molecule has 1 aliphatic rings. The molecule has 0 spiro atoms. The Hall–Kier alpha value is -0.0400. The quantitative estimate of drug-likeness (QED) is 0.685. The van der Waals surface area contributed by atoms with E-state index in [1.54, 1.807) is 0 Å². The Morgan fingerprint density at radius 2 is 2.00 bits per heavy atom. The summed E-state index contributed by atoms with van der Waals surface area (Å²) in [6, 6.07) is 0. The minimum atomic E-state index is -0.335. The molecular weight excluding hydrogens is 172 g/mol. The van der Waals surface area contributed by atoms with Crippen LogP contribution in [-0.2, 0) is 0 Å². The van der Waals surface area contributed by atoms with Crippen molar-refractivity contribution in [1.29, 1.82) is 0 Å². The third kappa shape index (κ3) is 3.61. The van der Waals surface area contributed by atoms with Crippen molar-refractivity contribution in [1.82, 2.24) is 0 Å². The van der Waals surface area contributed by atoms with E-state index in [4.69, 9.17) is 0 Å². The van der Waals surface area contributed by atoms with Crippen LogP contribution in [0.4, 0.5) is 0 Å². The van der Waals surface area contributed by atoms with Gasteiger partial charge in [0.15, 0.2) is 0 Å². The van der Waals surface area contributed by atoms with Crippen LogP contribution in [0.15, 0.2) is 0 Å². The zero-order chi connectivity index (χ0) is 10.6. The summed E-state index contributed by atoms with van der Waals surface area (Å²) in [4.78, 5) is 0. The number of hydrogen-bond acceptors (Lipinski definition) is 1. The average molecular weight is 198 g/mol. The standard InChI is InChI=1S/C13H26O/c1-4-12-6-5-8-13(14,9-7-12)10-11(2)3/h11-12,14H,4-10H2,1-3H3. The Bertz CT molecular complexity index is 165. The zero-order valence-corrected chi connectivity index (χ0v) is 10.1. The SMILES string of the molecule is CCC1CCCC(O)(CC(C)C)CC1. The molecule has 0 saturated heterocycles. The van der Waals surface area contributed by atoms with Gasteiger partial charge in [-0.2, -0.15) is 0 Å². The first-order valence-corrected chi connectivity index (χ1v) is 6.28. The van der Waals surface area contributed by atoms with E-state index in [1.165, 1.54) is 25.7 Å². The topological polar surface area (TPSA) is 20.2 Å². The normalized spacial score (nSPS) is 34.5. The van der Waals surface area contributed by atoms with Gasteiger partial charge in [0, 0.05) is 0 Å². The molecule has 0 aliphatic heterocycles. The maximum atomic E-state index is 10.4. The lowest BCUT2D eigenvalue weighted by Crippen LogP contribution is -2.29. The van der Waals surface area contributed by atoms with Crippen molar-refractivity contribution < 1.29 is 5.11 Å². The van der Waals surface area contributed by atoms with Gasteiger partial charge in [-0.1, -0.05) is 40.0 Å². The van der Waals surface area contributed by atoms with E-state index in [0.29, 0.717) is 5.92 Å². The number of aliphatic hydroxyl groups is 1. The van der Waals surface area contributed by atoms with Gasteiger partial charge in [0.2, 0.25) is 0 Å². The molecule has 1 rings (SSSR count). The number of hydrogen-bond donors (Lipinski definition) is 1. The van der Waals surface area contributed by atoms with E-state index in [2.05, 4.69) is 20.8 Å². The molecule has 1 saturated carbocycles. The van der Waals surface area contributed by atoms with Gasteiger partial charge in [-0.25, -0.2) is 0 Å². The molecule has 84 valence electrons. The molecule has 1 N–H and O–H groups in total. The summed E-state index contributed by atoms with van der Waals surface area (Å²) >= 11 is 0. The highest BCUT2D eigenvalue weighted by Gasteiger charge is 2.30. The first-order valence-electron chi connectivity index (χ1n) is 6.28. The predicted octanol–water partition coefficient (Wildman–Crippen LogP) is 3.75. The molecule has 2 atom stereocenters. The summed E-state index contributed by atoms with van der Waals surface area (Å²) in [5, 5.41) is 10.4. The van der Waals surface area contributed by atoms with Crippen molar-refractivity contribution in [2.24, 2.45) is 11.8 Å². The average Bonchev–Trinajstić information content (AvgIpc) is 2.26. The Labute approximate surface area is 88.9 Å². The van der Waals surface area contributed by atoms with E-state index in [1.807, 2.05) is 0 Å². The van der Waals surface area contributed by atoms with Crippen molar-refractivity contribution in [2.75, 3.05) is 0 Å². The first-order chi connectivity index (χ1) is 6.56. The van der Waals surface area contributed by atoms with Crippen LogP contribution in [0.1, 0.15) is 65.7 Å². The second kappa shape index (κ2) is 5.16. The van der Waals surface area contributed by atoms with Crippen LogP contribution in [0.25, 0.3) is 0 Å². The number of rotatable bonds is 3. The summed E-state index contributed by atoms with van der Waals surface area (Å²) in [5.74, 6) is 1.49. The van der Waals surface area contributed by atoms with E-state index in [9.17, 15) is 5.11 Å². The molecule has 0 aromatic rings. The smallest absolute Gasteiger partial charge is 0.0650 e. The second-order valence-corrected chi connectivity index (χ2v) is 5.53. The zero-order valence-electron chi connectivity index (χ0n) is 10.1. The van der Waals surface area contributed by atoms with E-state index in [-0.39, 0.29) is 5.60 Å². The maximum absolute atomic E-state index is 10.4. The predicted molar refractivity (Wildman–Crippen MR) is 61.3 cm³/mol. The third-order valence-corrected chi connectivity index (χ3v) is 3.64. The summed E-state index contributed by atoms with van der Waals surface area (Å²) in [7, 11) is 0. The first kappa shape index (κ1) is 12.0. The van der Waals surface area contributed by atoms with Crippen molar-refractivity contribution in [3.63, 3.8) is 0 Å². The third-order valence-electron chi connectivity index (χ3n) is 3.64. The molecule has 0 bridgehead atoms. The molecule has 1 nitrogen and oxygen atoms in total. The Morgan fingerprint density at radius 3 is 2.57 bits per heavy atom. The lowest BCUT2D eigenvalue weighted by atomic mass is 9.85. The van der Waals surface area contributed by atoms with Crippen LogP contribution in [0.3, 0.4) is 0 Å². The van der Waals surface area contributed by atoms with Crippen molar-refractivity contribution in [3.05, 3.63) is 0 Å². The summed E-state index contributed by atoms with van der Waals surface area (Å²) in [5.41, 5.74) is -0.335. The molecule has 1 fully saturated rings. The lowest BCUT2D eigenvalue weighted by molar-refractivity contribution is 0.00431. The van der Waals surface area contributed by atoms with E-state index >= 15 is 0 Å². The van der Waals surface area contributed by atoms with Gasteiger partial charge in [-0.05, 0) is 37.5 Å². The van der Waals surface area contributed by atoms with Crippen LogP contribution in [0, 0.1) is 11.8 Å². The molecular formula is C13H26O. The lowest BCUT2D eigenvalue weighted by Gasteiger charge is -2.28. The molecule has 0 amide bonds. The summed E-state index contributed by atoms with van der Waals surface area (Å²) < 4.78 is 0. The molecule has 0 heterocycles. The van der Waals surface area contributed by atoms with Crippen molar-refractivity contribution >= 4 is 0 Å². The van der Waals surface area contributed by atoms with Crippen LogP contribution in [-0.4, -0.2) is 10.7 Å². The molecule has 1 heteroatoms. The summed E-state index contributed by atoms with van der Waals surface area (Å²) in [6.45, 7) is 6.69. The Kier molecular flexibility index (Phi) is 4.43. The highest BCUT2D eigenvalue weighted by molar-refractivity contribution is 4.83. The molecule has 0 aromatic heterocycles. The van der Waals surface area contributed by atoms with Crippen LogP contribution < -0.4 is 0 Å². The second-order valence-electron chi connectivity index (χ2n) is 5.53. The monoisotopic (exact) mass is 198 g/mol.